The first kappa shape index (κ1) is 26.1. The van der Waals surface area contributed by atoms with Crippen molar-refractivity contribution >= 4 is 65.0 Å². The molecule has 10 rings (SSSR count). The molecule has 10 aromatic rings. The molecule has 0 aliphatic rings. The van der Waals surface area contributed by atoms with Gasteiger partial charge in [-0.25, -0.2) is 0 Å². The number of fused-ring (bicyclic) bond motifs is 8. The molecule has 218 valence electrons. The first-order chi connectivity index (χ1) is 23.3. The van der Waals surface area contributed by atoms with Gasteiger partial charge in [-0.3, -0.25) is 0 Å². The highest BCUT2D eigenvalue weighted by molar-refractivity contribution is 6.22. The number of para-hydroxylation sites is 1. The number of rotatable bonds is 3. The summed E-state index contributed by atoms with van der Waals surface area (Å²) in [6.07, 6.45) is 0. The van der Waals surface area contributed by atoms with Gasteiger partial charge in [0.05, 0.1) is 0 Å². The molecule has 0 unspecified atom stereocenters. The molecule has 0 N–H and O–H groups in total. The Morgan fingerprint density at radius 2 is 0.787 bits per heavy atom. The summed E-state index contributed by atoms with van der Waals surface area (Å²) in [5, 5.41) is 12.2. The second-order valence-corrected chi connectivity index (χ2v) is 12.4. The lowest BCUT2D eigenvalue weighted by Gasteiger charge is -2.18. The molecule has 9 aromatic carbocycles. The van der Waals surface area contributed by atoms with E-state index in [4.69, 9.17) is 4.42 Å². The van der Waals surface area contributed by atoms with Crippen molar-refractivity contribution in [2.24, 2.45) is 0 Å². The van der Waals surface area contributed by atoms with Crippen molar-refractivity contribution in [2.45, 2.75) is 0 Å². The number of hydrogen-bond acceptors (Lipinski definition) is 1. The van der Waals surface area contributed by atoms with Crippen LogP contribution < -0.4 is 0 Å². The number of benzene rings is 9. The van der Waals surface area contributed by atoms with Crippen LogP contribution in [0, 0.1) is 0 Å². The average molecular weight is 597 g/mol. The van der Waals surface area contributed by atoms with Crippen molar-refractivity contribution in [2.75, 3.05) is 0 Å². The van der Waals surface area contributed by atoms with E-state index in [0.29, 0.717) is 0 Å². The Kier molecular flexibility index (Phi) is 5.64. The molecule has 0 radical (unpaired) electrons. The first-order valence-electron chi connectivity index (χ1n) is 16.2. The fraction of sp³-hybridized carbons (Fsp3) is 0. The van der Waals surface area contributed by atoms with E-state index in [0.717, 1.165) is 27.3 Å². The topological polar surface area (TPSA) is 13.1 Å². The summed E-state index contributed by atoms with van der Waals surface area (Å²) in [6.45, 7) is 0. The highest BCUT2D eigenvalue weighted by Crippen LogP contribution is 2.45. The van der Waals surface area contributed by atoms with Crippen LogP contribution in [-0.4, -0.2) is 0 Å². The van der Waals surface area contributed by atoms with Crippen LogP contribution in [0.25, 0.3) is 98.4 Å². The smallest absolute Gasteiger partial charge is 0.143 e. The van der Waals surface area contributed by atoms with Crippen LogP contribution in [0.1, 0.15) is 0 Å². The molecule has 0 aliphatic heterocycles. The van der Waals surface area contributed by atoms with E-state index in [-0.39, 0.29) is 0 Å². The zero-order chi connectivity index (χ0) is 30.9. The van der Waals surface area contributed by atoms with Crippen molar-refractivity contribution in [1.29, 1.82) is 0 Å². The molecule has 0 fully saturated rings. The van der Waals surface area contributed by atoms with Crippen molar-refractivity contribution < 1.29 is 4.42 Å². The molecule has 0 amide bonds. The minimum Gasteiger partial charge on any atom is -0.455 e. The van der Waals surface area contributed by atoms with Crippen molar-refractivity contribution in [1.82, 2.24) is 0 Å². The number of furan rings is 1. The molecule has 0 spiro atoms. The fourth-order valence-electron chi connectivity index (χ4n) is 7.70. The van der Waals surface area contributed by atoms with Gasteiger partial charge in [0.2, 0.25) is 0 Å². The summed E-state index contributed by atoms with van der Waals surface area (Å²) < 4.78 is 6.38. The maximum atomic E-state index is 6.38. The van der Waals surface area contributed by atoms with Gasteiger partial charge in [-0.05, 0) is 89.3 Å². The normalized spacial score (nSPS) is 11.8. The molecule has 0 aliphatic carbocycles. The van der Waals surface area contributed by atoms with Crippen molar-refractivity contribution in [3.63, 3.8) is 0 Å². The zero-order valence-corrected chi connectivity index (χ0v) is 25.6. The summed E-state index contributed by atoms with van der Waals surface area (Å²) in [7, 11) is 0. The zero-order valence-electron chi connectivity index (χ0n) is 25.6. The van der Waals surface area contributed by atoms with E-state index in [9.17, 15) is 0 Å². The van der Waals surface area contributed by atoms with Gasteiger partial charge in [0, 0.05) is 16.2 Å². The predicted molar refractivity (Wildman–Crippen MR) is 200 cm³/mol. The van der Waals surface area contributed by atoms with E-state index in [1.54, 1.807) is 0 Å². The minimum atomic E-state index is 0.922. The predicted octanol–water partition coefficient (Wildman–Crippen LogP) is 13.2. The van der Waals surface area contributed by atoms with Crippen LogP contribution in [-0.2, 0) is 0 Å². The molecule has 0 saturated carbocycles. The van der Waals surface area contributed by atoms with Crippen LogP contribution in [0.15, 0.2) is 174 Å². The maximum Gasteiger partial charge on any atom is 0.143 e. The Morgan fingerprint density at radius 1 is 0.298 bits per heavy atom. The van der Waals surface area contributed by atoms with Gasteiger partial charge in [-0.1, -0.05) is 152 Å². The molecule has 0 atom stereocenters. The molecule has 1 heteroatoms. The van der Waals surface area contributed by atoms with Crippen LogP contribution in [0.4, 0.5) is 0 Å². The molecule has 1 heterocycles. The van der Waals surface area contributed by atoms with Gasteiger partial charge in [0.15, 0.2) is 0 Å². The van der Waals surface area contributed by atoms with Gasteiger partial charge in [-0.15, -0.1) is 0 Å². The third-order valence-corrected chi connectivity index (χ3v) is 9.84. The van der Waals surface area contributed by atoms with Crippen LogP contribution >= 0.6 is 0 Å². The van der Waals surface area contributed by atoms with Crippen molar-refractivity contribution in [3.8, 4) is 33.4 Å². The van der Waals surface area contributed by atoms with Crippen LogP contribution in [0.5, 0.6) is 0 Å². The summed E-state index contributed by atoms with van der Waals surface area (Å²) in [5.74, 6) is 0. The summed E-state index contributed by atoms with van der Waals surface area (Å²) >= 11 is 0. The second-order valence-electron chi connectivity index (χ2n) is 12.4. The van der Waals surface area contributed by atoms with E-state index < -0.39 is 0 Å². The van der Waals surface area contributed by atoms with E-state index in [1.165, 1.54) is 71.1 Å². The molecule has 1 nitrogen and oxygen atoms in total. The standard InChI is InChI=1S/C46H28O/c1-2-12-32-27-33(26-21-29(32)11-1)45-38-17-6-4-15-36(38)44(37-16-5-7-18-39(37)45)31-24-22-30(23-25-31)41-28-42-35-14-9-10-20-43(35)47-46(42)40-19-8-3-13-34(40)41/h1-28H. The summed E-state index contributed by atoms with van der Waals surface area (Å²) in [5.41, 5.74) is 9.30. The highest BCUT2D eigenvalue weighted by atomic mass is 16.3. The average Bonchev–Trinajstić information content (AvgIpc) is 3.52. The molecular formula is C46H28O. The largest absolute Gasteiger partial charge is 0.455 e. The Morgan fingerprint density at radius 3 is 1.47 bits per heavy atom. The Bertz CT molecular complexity index is 2780. The van der Waals surface area contributed by atoms with Gasteiger partial charge >= 0.3 is 0 Å². The third kappa shape index (κ3) is 3.97. The van der Waals surface area contributed by atoms with Crippen LogP contribution in [0.2, 0.25) is 0 Å². The highest BCUT2D eigenvalue weighted by Gasteiger charge is 2.18. The molecule has 0 bridgehead atoms. The molecule has 1 aromatic heterocycles. The molecular weight excluding hydrogens is 569 g/mol. The van der Waals surface area contributed by atoms with E-state index >= 15 is 0 Å². The second kappa shape index (κ2) is 10.2. The molecule has 47 heavy (non-hydrogen) atoms. The lowest BCUT2D eigenvalue weighted by molar-refractivity contribution is 0.672. The fourth-order valence-corrected chi connectivity index (χ4v) is 7.70. The van der Waals surface area contributed by atoms with Gasteiger partial charge in [0.1, 0.15) is 11.2 Å². The third-order valence-electron chi connectivity index (χ3n) is 9.84. The summed E-state index contributed by atoms with van der Waals surface area (Å²) in [4.78, 5) is 0. The monoisotopic (exact) mass is 596 g/mol. The van der Waals surface area contributed by atoms with Gasteiger partial charge in [-0.2, -0.15) is 0 Å². The quantitative estimate of drug-likeness (QED) is 0.185. The van der Waals surface area contributed by atoms with Gasteiger partial charge < -0.3 is 4.42 Å². The lowest BCUT2D eigenvalue weighted by Crippen LogP contribution is -1.91. The lowest BCUT2D eigenvalue weighted by atomic mass is 9.85. The van der Waals surface area contributed by atoms with Crippen molar-refractivity contribution in [3.05, 3.63) is 170 Å². The first-order valence-corrected chi connectivity index (χ1v) is 16.2. The Hall–Kier alpha value is -6.18. The van der Waals surface area contributed by atoms with Crippen LogP contribution in [0.3, 0.4) is 0 Å². The summed E-state index contributed by atoms with van der Waals surface area (Å²) in [6, 6.07) is 61.6. The Labute approximate surface area is 271 Å². The van der Waals surface area contributed by atoms with Gasteiger partial charge in [0.25, 0.3) is 0 Å². The minimum absolute atomic E-state index is 0.922. The van der Waals surface area contributed by atoms with E-state index in [1.807, 2.05) is 6.07 Å². The SMILES string of the molecule is c1ccc2cc(-c3c4ccccc4c(-c4ccc(-c5cc6c7ccccc7oc6c6ccccc56)cc4)c4ccccc34)ccc2c1. The maximum absolute atomic E-state index is 6.38. The molecule has 0 saturated heterocycles. The van der Waals surface area contributed by atoms with E-state index in [2.05, 4.69) is 164 Å². The Balaban J connectivity index is 1.19. The number of hydrogen-bond donors (Lipinski definition) is 0.